The van der Waals surface area contributed by atoms with Gasteiger partial charge in [0.1, 0.15) is 0 Å². The predicted octanol–water partition coefficient (Wildman–Crippen LogP) is 2.07. The van der Waals surface area contributed by atoms with Crippen LogP contribution in [0.1, 0.15) is 44.1 Å². The molecule has 0 radical (unpaired) electrons. The van der Waals surface area contributed by atoms with Crippen LogP contribution in [-0.2, 0) is 10.2 Å². The number of hydrogen-bond donors (Lipinski definition) is 2. The average molecular weight is 316 g/mol. The van der Waals surface area contributed by atoms with Gasteiger partial charge in [0.2, 0.25) is 5.91 Å². The molecule has 1 saturated heterocycles. The first kappa shape index (κ1) is 16.5. The normalized spacial score (nSPS) is 24.5. The van der Waals surface area contributed by atoms with Crippen molar-refractivity contribution in [3.8, 4) is 0 Å². The highest BCUT2D eigenvalue weighted by Crippen LogP contribution is 2.38. The average Bonchev–Trinajstić information content (AvgIpc) is 2.99. The van der Waals surface area contributed by atoms with Crippen molar-refractivity contribution in [1.82, 2.24) is 10.2 Å². The number of nitrogens with zero attached hydrogens (tertiary/aromatic N) is 1. The van der Waals surface area contributed by atoms with E-state index in [1.165, 1.54) is 24.8 Å². The molecule has 0 spiro atoms. The molecule has 1 aliphatic carbocycles. The van der Waals surface area contributed by atoms with E-state index in [-0.39, 0.29) is 17.4 Å². The Labute approximate surface area is 138 Å². The molecule has 23 heavy (non-hydrogen) atoms. The van der Waals surface area contributed by atoms with Crippen LogP contribution < -0.4 is 5.32 Å². The van der Waals surface area contributed by atoms with Gasteiger partial charge in [0.15, 0.2) is 0 Å². The molecule has 1 atom stereocenters. The zero-order valence-electron chi connectivity index (χ0n) is 13.8. The van der Waals surface area contributed by atoms with Crippen molar-refractivity contribution < 1.29 is 9.90 Å². The van der Waals surface area contributed by atoms with E-state index >= 15 is 0 Å². The second-order valence-electron chi connectivity index (χ2n) is 7.16. The highest BCUT2D eigenvalue weighted by molar-refractivity contribution is 5.78. The van der Waals surface area contributed by atoms with Crippen molar-refractivity contribution in [2.75, 3.05) is 26.2 Å². The summed E-state index contributed by atoms with van der Waals surface area (Å²) in [6.45, 7) is 2.57. The van der Waals surface area contributed by atoms with Crippen molar-refractivity contribution in [1.29, 1.82) is 0 Å². The summed E-state index contributed by atoms with van der Waals surface area (Å²) in [4.78, 5) is 14.3. The molecule has 2 aliphatic rings. The van der Waals surface area contributed by atoms with Crippen LogP contribution >= 0.6 is 0 Å². The number of carbonyl (C=O) groups excluding carboxylic acids is 1. The Hall–Kier alpha value is -1.39. The number of likely N-dealkylation sites (tertiary alicyclic amines) is 1. The van der Waals surface area contributed by atoms with Gasteiger partial charge in [-0.15, -0.1) is 0 Å². The third-order valence-corrected chi connectivity index (χ3v) is 5.44. The van der Waals surface area contributed by atoms with Crippen molar-refractivity contribution in [2.24, 2.45) is 0 Å². The monoisotopic (exact) mass is 316 g/mol. The number of aliphatic hydroxyl groups excluding tert-OH is 1. The number of benzene rings is 1. The maximum Gasteiger partial charge on any atom is 0.234 e. The molecule has 1 aliphatic heterocycles. The molecule has 1 heterocycles. The summed E-state index contributed by atoms with van der Waals surface area (Å²) in [5.41, 5.74) is 1.45. The Bertz CT molecular complexity index is 511. The van der Waals surface area contributed by atoms with Gasteiger partial charge in [0.25, 0.3) is 0 Å². The second-order valence-corrected chi connectivity index (χ2v) is 7.16. The summed E-state index contributed by atoms with van der Waals surface area (Å²) in [5, 5.41) is 12.7. The largest absolute Gasteiger partial charge is 0.392 e. The molecule has 2 fully saturated rings. The van der Waals surface area contributed by atoms with E-state index in [0.717, 1.165) is 32.4 Å². The van der Waals surface area contributed by atoms with Gasteiger partial charge in [0.05, 0.1) is 12.6 Å². The SMILES string of the molecule is O=C(CN1CC[C@H](O)C1)NCC1(c2ccccc2)CCCCC1. The Morgan fingerprint density at radius 3 is 2.61 bits per heavy atom. The van der Waals surface area contributed by atoms with Gasteiger partial charge in [-0.3, -0.25) is 9.69 Å². The molecule has 1 saturated carbocycles. The highest BCUT2D eigenvalue weighted by atomic mass is 16.3. The van der Waals surface area contributed by atoms with Gasteiger partial charge >= 0.3 is 0 Å². The van der Waals surface area contributed by atoms with Gasteiger partial charge in [0, 0.05) is 25.0 Å². The van der Waals surface area contributed by atoms with Crippen molar-refractivity contribution in [3.05, 3.63) is 35.9 Å². The van der Waals surface area contributed by atoms with Crippen LogP contribution in [0.3, 0.4) is 0 Å². The zero-order chi connectivity index (χ0) is 16.1. The lowest BCUT2D eigenvalue weighted by Gasteiger charge is -2.38. The smallest absolute Gasteiger partial charge is 0.234 e. The topological polar surface area (TPSA) is 52.6 Å². The lowest BCUT2D eigenvalue weighted by Crippen LogP contribution is -2.45. The first-order chi connectivity index (χ1) is 11.2. The minimum Gasteiger partial charge on any atom is -0.392 e. The summed E-state index contributed by atoms with van der Waals surface area (Å²) in [7, 11) is 0. The second kappa shape index (κ2) is 7.45. The van der Waals surface area contributed by atoms with E-state index in [0.29, 0.717) is 13.1 Å². The van der Waals surface area contributed by atoms with Crippen molar-refractivity contribution in [3.63, 3.8) is 0 Å². The summed E-state index contributed by atoms with van der Waals surface area (Å²) in [6, 6.07) is 10.7. The lowest BCUT2D eigenvalue weighted by atomic mass is 9.69. The van der Waals surface area contributed by atoms with E-state index in [4.69, 9.17) is 0 Å². The molecule has 0 bridgehead atoms. The molecule has 4 heteroatoms. The molecule has 1 aromatic carbocycles. The lowest BCUT2D eigenvalue weighted by molar-refractivity contribution is -0.122. The van der Waals surface area contributed by atoms with Crippen LogP contribution in [0.15, 0.2) is 30.3 Å². The number of amides is 1. The third-order valence-electron chi connectivity index (χ3n) is 5.44. The van der Waals surface area contributed by atoms with Crippen LogP contribution in [0.2, 0.25) is 0 Å². The van der Waals surface area contributed by atoms with Crippen molar-refractivity contribution >= 4 is 5.91 Å². The predicted molar refractivity (Wildman–Crippen MR) is 91.3 cm³/mol. The summed E-state index contributed by atoms with van der Waals surface area (Å²) in [6.07, 6.45) is 6.60. The summed E-state index contributed by atoms with van der Waals surface area (Å²) in [5.74, 6) is 0.0833. The highest BCUT2D eigenvalue weighted by Gasteiger charge is 2.34. The molecule has 1 amide bonds. The standard InChI is InChI=1S/C19H28N2O2/c22-17-9-12-21(13-17)14-18(23)20-15-19(10-5-2-6-11-19)16-7-3-1-4-8-16/h1,3-4,7-8,17,22H,2,5-6,9-15H2,(H,20,23)/t17-/m0/s1. The number of β-amino-alcohol motifs (C(OH)–C–C–N with tert-alkyl or cyclic N) is 1. The van der Waals surface area contributed by atoms with Gasteiger partial charge < -0.3 is 10.4 Å². The quantitative estimate of drug-likeness (QED) is 0.874. The van der Waals surface area contributed by atoms with Gasteiger partial charge in [-0.2, -0.15) is 0 Å². The molecular weight excluding hydrogens is 288 g/mol. The number of nitrogens with one attached hydrogen (secondary N) is 1. The van der Waals surface area contributed by atoms with Crippen LogP contribution in [0.4, 0.5) is 0 Å². The summed E-state index contributed by atoms with van der Waals surface area (Å²) >= 11 is 0. The van der Waals surface area contributed by atoms with E-state index in [9.17, 15) is 9.90 Å². The third kappa shape index (κ3) is 4.12. The first-order valence-corrected chi connectivity index (χ1v) is 8.91. The maximum absolute atomic E-state index is 12.3. The van der Waals surface area contributed by atoms with Gasteiger partial charge in [-0.05, 0) is 24.8 Å². The maximum atomic E-state index is 12.3. The molecule has 0 unspecified atom stereocenters. The first-order valence-electron chi connectivity index (χ1n) is 8.91. The fourth-order valence-electron chi connectivity index (χ4n) is 4.07. The summed E-state index contributed by atoms with van der Waals surface area (Å²) < 4.78 is 0. The van der Waals surface area contributed by atoms with Crippen LogP contribution in [-0.4, -0.2) is 48.2 Å². The Morgan fingerprint density at radius 1 is 1.22 bits per heavy atom. The number of hydrogen-bond acceptors (Lipinski definition) is 3. The van der Waals surface area contributed by atoms with E-state index in [1.807, 2.05) is 4.90 Å². The van der Waals surface area contributed by atoms with Crippen LogP contribution in [0, 0.1) is 0 Å². The zero-order valence-corrected chi connectivity index (χ0v) is 13.8. The molecule has 1 aromatic rings. The number of aliphatic hydroxyl groups is 1. The Kier molecular flexibility index (Phi) is 5.34. The Balaban J connectivity index is 1.59. The fraction of sp³-hybridized carbons (Fsp3) is 0.632. The molecular formula is C19H28N2O2. The molecule has 2 N–H and O–H groups in total. The van der Waals surface area contributed by atoms with Gasteiger partial charge in [-0.25, -0.2) is 0 Å². The molecule has 0 aromatic heterocycles. The van der Waals surface area contributed by atoms with Gasteiger partial charge in [-0.1, -0.05) is 49.6 Å². The van der Waals surface area contributed by atoms with Crippen molar-refractivity contribution in [2.45, 2.75) is 50.0 Å². The number of carbonyl (C=O) groups is 1. The minimum absolute atomic E-state index is 0.0833. The van der Waals surface area contributed by atoms with Crippen LogP contribution in [0.5, 0.6) is 0 Å². The van der Waals surface area contributed by atoms with E-state index < -0.39 is 0 Å². The molecule has 3 rings (SSSR count). The van der Waals surface area contributed by atoms with E-state index in [1.54, 1.807) is 0 Å². The van der Waals surface area contributed by atoms with E-state index in [2.05, 4.69) is 35.6 Å². The minimum atomic E-state index is -0.267. The Morgan fingerprint density at radius 2 is 1.96 bits per heavy atom. The number of rotatable bonds is 5. The molecule has 4 nitrogen and oxygen atoms in total. The van der Waals surface area contributed by atoms with Crippen LogP contribution in [0.25, 0.3) is 0 Å². The molecule has 126 valence electrons. The fourth-order valence-corrected chi connectivity index (χ4v) is 4.07.